The number of nitrogens with two attached hydrogens (primary N) is 2. The molecule has 8 nitrogen and oxygen atoms in total. The number of nitrogens with one attached hydrogen (secondary N) is 2. The highest BCUT2D eigenvalue weighted by molar-refractivity contribution is 8.15. The van der Waals surface area contributed by atoms with Gasteiger partial charge in [-0.3, -0.25) is 0 Å². The predicted molar refractivity (Wildman–Crippen MR) is 58.2 cm³/mol. The van der Waals surface area contributed by atoms with E-state index >= 15 is 0 Å². The Balaban J connectivity index is 1.80. The molecule has 2 heterocycles. The Morgan fingerprint density at radius 3 is 1.73 bits per heavy atom. The first-order valence-electron chi connectivity index (χ1n) is 3.85. The Morgan fingerprint density at radius 2 is 1.40 bits per heavy atom. The lowest BCUT2D eigenvalue weighted by molar-refractivity contribution is 0.972. The maximum absolute atomic E-state index is 5.37. The number of H-pyrrole nitrogens is 2. The van der Waals surface area contributed by atoms with Crippen molar-refractivity contribution in [2.45, 2.75) is 10.3 Å². The molecule has 0 unspecified atom stereocenters. The third-order valence-electron chi connectivity index (χ3n) is 1.34. The zero-order valence-corrected chi connectivity index (χ0v) is 9.10. The van der Waals surface area contributed by atoms with Gasteiger partial charge in [0.1, 0.15) is 0 Å². The minimum Gasteiger partial charge on any atom is -0.368 e. The third kappa shape index (κ3) is 2.76. The van der Waals surface area contributed by atoms with Gasteiger partial charge in [-0.15, -0.1) is 10.2 Å². The topological polar surface area (TPSA) is 135 Å². The van der Waals surface area contributed by atoms with Crippen molar-refractivity contribution in [1.82, 2.24) is 30.4 Å². The molecule has 2 aromatic heterocycles. The van der Waals surface area contributed by atoms with Gasteiger partial charge < -0.3 is 11.5 Å². The third-order valence-corrected chi connectivity index (χ3v) is 3.16. The van der Waals surface area contributed by atoms with Gasteiger partial charge in [-0.25, -0.2) is 10.2 Å². The second kappa shape index (κ2) is 4.40. The van der Waals surface area contributed by atoms with E-state index in [9.17, 15) is 0 Å². The standard InChI is InChI=1S/C5H8N8S2/c6-2-8-4(12-10-2)14-1-15-5-9-3(7)11-13-5/h1H2,(H3,6,8,10,12)(H3,7,9,11,13). The van der Waals surface area contributed by atoms with Crippen molar-refractivity contribution in [2.75, 3.05) is 16.6 Å². The van der Waals surface area contributed by atoms with Crippen LogP contribution in [-0.2, 0) is 0 Å². The molecular weight excluding hydrogens is 236 g/mol. The van der Waals surface area contributed by atoms with Gasteiger partial charge in [-0.1, -0.05) is 23.5 Å². The van der Waals surface area contributed by atoms with Gasteiger partial charge in [-0.2, -0.15) is 9.97 Å². The molecule has 10 heteroatoms. The van der Waals surface area contributed by atoms with Crippen LogP contribution in [0.3, 0.4) is 0 Å². The van der Waals surface area contributed by atoms with E-state index < -0.39 is 0 Å². The van der Waals surface area contributed by atoms with Crippen LogP contribution in [0.2, 0.25) is 0 Å². The average molecular weight is 244 g/mol. The summed E-state index contributed by atoms with van der Waals surface area (Å²) in [5, 5.41) is 14.7. The summed E-state index contributed by atoms with van der Waals surface area (Å²) < 4.78 is 0. The molecule has 0 saturated heterocycles. The van der Waals surface area contributed by atoms with E-state index in [1.807, 2.05) is 0 Å². The van der Waals surface area contributed by atoms with E-state index in [-0.39, 0.29) is 0 Å². The zero-order chi connectivity index (χ0) is 10.7. The van der Waals surface area contributed by atoms with Crippen LogP contribution in [0.4, 0.5) is 11.9 Å². The molecule has 0 bridgehead atoms. The highest BCUT2D eigenvalue weighted by Gasteiger charge is 2.04. The Kier molecular flexibility index (Phi) is 2.97. The fraction of sp³-hybridized carbons (Fsp3) is 0.200. The normalized spacial score (nSPS) is 10.7. The Bertz CT molecular complexity index is 395. The Morgan fingerprint density at radius 1 is 0.933 bits per heavy atom. The summed E-state index contributed by atoms with van der Waals surface area (Å²) in [7, 11) is 0. The lowest BCUT2D eigenvalue weighted by Crippen LogP contribution is -1.85. The first-order valence-corrected chi connectivity index (χ1v) is 5.82. The van der Waals surface area contributed by atoms with Gasteiger partial charge in [0.2, 0.25) is 22.2 Å². The molecule has 0 aliphatic carbocycles. The van der Waals surface area contributed by atoms with E-state index in [0.717, 1.165) is 0 Å². The molecule has 0 atom stereocenters. The molecule has 2 rings (SSSR count). The molecule has 15 heavy (non-hydrogen) atoms. The lowest BCUT2D eigenvalue weighted by Gasteiger charge is -1.91. The second-order valence-electron chi connectivity index (χ2n) is 2.41. The van der Waals surface area contributed by atoms with E-state index in [4.69, 9.17) is 11.5 Å². The minimum atomic E-state index is 0.310. The average Bonchev–Trinajstić information content (AvgIpc) is 2.76. The van der Waals surface area contributed by atoms with Crippen LogP contribution in [0.15, 0.2) is 10.3 Å². The summed E-state index contributed by atoms with van der Waals surface area (Å²) >= 11 is 2.88. The highest BCUT2D eigenvalue weighted by Crippen LogP contribution is 2.23. The number of hydrogen-bond donors (Lipinski definition) is 4. The maximum Gasteiger partial charge on any atom is 0.216 e. The van der Waals surface area contributed by atoms with Crippen molar-refractivity contribution in [3.05, 3.63) is 0 Å². The van der Waals surface area contributed by atoms with Crippen LogP contribution in [0.5, 0.6) is 0 Å². The van der Waals surface area contributed by atoms with Crippen LogP contribution in [0, 0.1) is 0 Å². The number of aromatic nitrogens is 6. The van der Waals surface area contributed by atoms with Crippen LogP contribution in [0.25, 0.3) is 0 Å². The number of thioether (sulfide) groups is 2. The molecular formula is C5H8N8S2. The first kappa shape index (κ1) is 10.1. The number of nitrogen functional groups attached to an aromatic ring is 2. The van der Waals surface area contributed by atoms with Gasteiger partial charge in [-0.05, 0) is 0 Å². The fourth-order valence-corrected chi connectivity index (χ4v) is 2.41. The largest absolute Gasteiger partial charge is 0.368 e. The summed E-state index contributed by atoms with van der Waals surface area (Å²) in [5.74, 6) is 0.620. The van der Waals surface area contributed by atoms with E-state index in [1.54, 1.807) is 0 Å². The van der Waals surface area contributed by atoms with Crippen molar-refractivity contribution in [1.29, 1.82) is 0 Å². The smallest absolute Gasteiger partial charge is 0.216 e. The van der Waals surface area contributed by atoms with Crippen molar-refractivity contribution in [3.8, 4) is 0 Å². The van der Waals surface area contributed by atoms with Crippen LogP contribution in [0.1, 0.15) is 0 Å². The number of nitrogens with zero attached hydrogens (tertiary/aromatic N) is 4. The number of aromatic amines is 2. The quantitative estimate of drug-likeness (QED) is 0.433. The fourth-order valence-electron chi connectivity index (χ4n) is 0.780. The van der Waals surface area contributed by atoms with Crippen LogP contribution in [-0.4, -0.2) is 35.4 Å². The Labute approximate surface area is 93.0 Å². The van der Waals surface area contributed by atoms with Gasteiger partial charge in [0.15, 0.2) is 0 Å². The monoisotopic (exact) mass is 244 g/mol. The van der Waals surface area contributed by atoms with Gasteiger partial charge in [0, 0.05) is 0 Å². The van der Waals surface area contributed by atoms with E-state index in [1.165, 1.54) is 23.5 Å². The molecule has 0 aromatic carbocycles. The van der Waals surface area contributed by atoms with Crippen molar-refractivity contribution in [3.63, 3.8) is 0 Å². The number of hydrogen-bond acceptors (Lipinski definition) is 8. The molecule has 0 aliphatic rings. The molecule has 2 aromatic rings. The summed E-state index contributed by atoms with van der Waals surface area (Å²) in [6.07, 6.45) is 0. The minimum absolute atomic E-state index is 0.310. The zero-order valence-electron chi connectivity index (χ0n) is 7.47. The molecule has 0 spiro atoms. The van der Waals surface area contributed by atoms with Gasteiger partial charge >= 0.3 is 0 Å². The molecule has 0 fully saturated rings. The summed E-state index contributed by atoms with van der Waals surface area (Å²) in [6.45, 7) is 0. The summed E-state index contributed by atoms with van der Waals surface area (Å²) in [4.78, 5) is 7.87. The predicted octanol–water partition coefficient (Wildman–Crippen LogP) is -0.0709. The Hall–Kier alpha value is -1.42. The molecule has 0 aliphatic heterocycles. The maximum atomic E-state index is 5.37. The second-order valence-corrected chi connectivity index (χ2v) is 4.66. The van der Waals surface area contributed by atoms with E-state index in [2.05, 4.69) is 30.4 Å². The molecule has 0 radical (unpaired) electrons. The first-order chi connectivity index (χ1) is 7.24. The van der Waals surface area contributed by atoms with Gasteiger partial charge in [0.05, 0.1) is 5.08 Å². The van der Waals surface area contributed by atoms with Crippen molar-refractivity contribution < 1.29 is 0 Å². The van der Waals surface area contributed by atoms with Gasteiger partial charge in [0.25, 0.3) is 0 Å². The number of rotatable bonds is 4. The molecule has 80 valence electrons. The summed E-state index contributed by atoms with van der Waals surface area (Å²) in [6, 6.07) is 0. The number of anilines is 2. The van der Waals surface area contributed by atoms with Crippen molar-refractivity contribution in [2.24, 2.45) is 0 Å². The van der Waals surface area contributed by atoms with Crippen LogP contribution < -0.4 is 11.5 Å². The lowest BCUT2D eigenvalue weighted by atomic mass is 11.1. The summed E-state index contributed by atoms with van der Waals surface area (Å²) in [5.41, 5.74) is 10.7. The van der Waals surface area contributed by atoms with Crippen LogP contribution >= 0.6 is 23.5 Å². The molecule has 0 saturated carbocycles. The molecule has 0 amide bonds. The van der Waals surface area contributed by atoms with E-state index in [0.29, 0.717) is 27.3 Å². The SMILES string of the molecule is Nc1nc(SCSc2n[nH]c(N)n2)n[nH]1. The molecule has 6 N–H and O–H groups in total. The van der Waals surface area contributed by atoms with Crippen molar-refractivity contribution >= 4 is 35.4 Å². The highest BCUT2D eigenvalue weighted by atomic mass is 32.2.